The fourth-order valence-corrected chi connectivity index (χ4v) is 9.50. The summed E-state index contributed by atoms with van der Waals surface area (Å²) < 4.78 is 36.2. The second kappa shape index (κ2) is 18.1. The number of fused-ring (bicyclic) bond motifs is 2. The Morgan fingerprint density at radius 1 is 0.810 bits per heavy atom. The summed E-state index contributed by atoms with van der Waals surface area (Å²) in [5.41, 5.74) is -6.32. The monoisotopic (exact) mass is 875 g/mol. The van der Waals surface area contributed by atoms with Gasteiger partial charge in [-0.2, -0.15) is 0 Å². The van der Waals surface area contributed by atoms with Crippen molar-refractivity contribution in [1.29, 1.82) is 0 Å². The van der Waals surface area contributed by atoms with Gasteiger partial charge in [-0.15, -0.1) is 0 Å². The van der Waals surface area contributed by atoms with Crippen LogP contribution in [0.2, 0.25) is 0 Å². The molecule has 0 unspecified atom stereocenters. The number of alkyl carbamates (subject to hydrolysis) is 1. The summed E-state index contributed by atoms with van der Waals surface area (Å²) >= 11 is 0. The lowest BCUT2D eigenvalue weighted by atomic mass is 9.54. The maximum atomic E-state index is 14.2. The summed E-state index contributed by atoms with van der Waals surface area (Å²) in [5, 5.41) is 26.7. The second-order valence-electron chi connectivity index (χ2n) is 18.1. The third kappa shape index (κ3) is 9.56. The molecule has 63 heavy (non-hydrogen) atoms. The topological polar surface area (TPSA) is 227 Å². The van der Waals surface area contributed by atoms with Crippen molar-refractivity contribution in [2.24, 2.45) is 16.7 Å². The summed E-state index contributed by atoms with van der Waals surface area (Å²) in [6.45, 7) is 18.4. The molecular formula is C47H57NO15. The quantitative estimate of drug-likeness (QED) is 0.150. The number of carbonyl (C=O) groups excluding carboxylic acids is 7. The fourth-order valence-electron chi connectivity index (χ4n) is 9.50. The van der Waals surface area contributed by atoms with E-state index in [4.69, 9.17) is 28.4 Å². The number of ether oxygens (including phenoxy) is 6. The molecule has 1 amide bonds. The smallest absolute Gasteiger partial charge is 0.408 e. The number of Topliss-reactive ketones (excluding diaryl/α,β-unsaturated/α-hetero) is 1. The average Bonchev–Trinajstić information content (AvgIpc) is 3.42. The number of aliphatic hydroxyl groups is 2. The van der Waals surface area contributed by atoms with E-state index in [1.165, 1.54) is 32.9 Å². The van der Waals surface area contributed by atoms with Crippen molar-refractivity contribution in [3.63, 3.8) is 0 Å². The summed E-state index contributed by atoms with van der Waals surface area (Å²) in [7, 11) is 0. The van der Waals surface area contributed by atoms with Gasteiger partial charge in [-0.05, 0) is 76.0 Å². The Labute approximate surface area is 366 Å². The van der Waals surface area contributed by atoms with Crippen LogP contribution in [0, 0.1) is 16.7 Å². The highest BCUT2D eigenvalue weighted by molar-refractivity contribution is 6.00. The first kappa shape index (κ1) is 48.2. The zero-order valence-corrected chi connectivity index (χ0v) is 37.2. The highest BCUT2D eigenvalue weighted by Crippen LogP contribution is 2.65. The Bertz CT molecular complexity index is 2170. The first-order valence-corrected chi connectivity index (χ1v) is 20.6. The summed E-state index contributed by atoms with van der Waals surface area (Å²) in [4.78, 5) is 95.3. The van der Waals surface area contributed by atoms with Crippen LogP contribution in [-0.2, 0) is 52.4 Å². The van der Waals surface area contributed by atoms with E-state index in [-0.39, 0.29) is 22.3 Å². The van der Waals surface area contributed by atoms with Crippen LogP contribution in [0.1, 0.15) is 104 Å². The third-order valence-electron chi connectivity index (χ3n) is 12.2. The number of aliphatic hydroxyl groups excluding tert-OH is 1. The van der Waals surface area contributed by atoms with Gasteiger partial charge in [0.05, 0.1) is 28.0 Å². The van der Waals surface area contributed by atoms with E-state index in [1.54, 1.807) is 76.2 Å². The molecule has 3 aliphatic rings. The molecule has 0 spiro atoms. The van der Waals surface area contributed by atoms with Crippen LogP contribution in [0.5, 0.6) is 0 Å². The number of nitrogens with one attached hydrogen (secondary N) is 1. The Kier molecular flexibility index (Phi) is 13.8. The molecule has 2 aromatic rings. The Morgan fingerprint density at radius 3 is 1.87 bits per heavy atom. The molecule has 2 saturated carbocycles. The molecule has 0 radical (unpaired) electrons. The lowest BCUT2D eigenvalue weighted by Gasteiger charge is -2.55. The van der Waals surface area contributed by atoms with Crippen LogP contribution >= 0.6 is 0 Å². The minimum Gasteiger partial charge on any atom is -0.462 e. The maximum Gasteiger partial charge on any atom is 0.408 e. The van der Waals surface area contributed by atoms with Gasteiger partial charge in [0, 0.05) is 39.5 Å². The Hall–Kier alpha value is -5.87. The number of hydrogen-bond acceptors (Lipinski definition) is 15. The number of allylic oxidation sites excluding steroid dienone is 1. The van der Waals surface area contributed by atoms with Gasteiger partial charge in [0.2, 0.25) is 0 Å². The lowest BCUT2D eigenvalue weighted by molar-refractivity contribution is -0.216. The molecule has 0 aliphatic heterocycles. The van der Waals surface area contributed by atoms with Crippen LogP contribution in [0.25, 0.3) is 0 Å². The van der Waals surface area contributed by atoms with E-state index in [9.17, 15) is 43.8 Å². The molecule has 16 nitrogen and oxygen atoms in total. The van der Waals surface area contributed by atoms with Gasteiger partial charge in [0.1, 0.15) is 23.9 Å². The first-order valence-electron chi connectivity index (χ1n) is 20.6. The highest BCUT2D eigenvalue weighted by atomic mass is 16.6. The number of rotatable bonds is 11. The van der Waals surface area contributed by atoms with Gasteiger partial charge in [0.15, 0.2) is 24.1 Å². The van der Waals surface area contributed by atoms with Crippen molar-refractivity contribution in [3.05, 3.63) is 95.1 Å². The first-order chi connectivity index (χ1) is 29.2. The van der Waals surface area contributed by atoms with Gasteiger partial charge in [0.25, 0.3) is 0 Å². The standard InChI is InChI=1S/C47H57NO15/c1-24-31(52)23-47(45(9,10)57)34(24)38(62-41(54)30-20-16-13-17-21-30)40(60-28(5)51)46(11)33(58-26(3)49)22-32(25(2)35(46)39(47)59-27(4)50)61-42(55)37(53)36(29-18-14-12-15-19-29)48-43(56)63-44(6,7)8/h12-21,32-33,35-40,53,57H,2,22-23H2,1,3-11H3,(H,48,56)/t32-,33-,35-,36-,37+,38+,39-,40-,46+,47-/m0/s1. The van der Waals surface area contributed by atoms with Crippen molar-refractivity contribution in [2.45, 2.75) is 136 Å². The second-order valence-corrected chi connectivity index (χ2v) is 18.1. The van der Waals surface area contributed by atoms with Crippen LogP contribution in [-0.4, -0.2) is 99.8 Å². The van der Waals surface area contributed by atoms with E-state index < -0.39 is 125 Å². The highest BCUT2D eigenvalue weighted by Gasteiger charge is 2.74. The van der Waals surface area contributed by atoms with Crippen molar-refractivity contribution < 1.29 is 72.2 Å². The van der Waals surface area contributed by atoms with Gasteiger partial charge in [-0.3, -0.25) is 19.2 Å². The largest absolute Gasteiger partial charge is 0.462 e. The lowest BCUT2D eigenvalue weighted by Crippen LogP contribution is -2.64. The molecule has 5 rings (SSSR count). The van der Waals surface area contributed by atoms with E-state index >= 15 is 0 Å². The molecule has 340 valence electrons. The summed E-state index contributed by atoms with van der Waals surface area (Å²) in [5.74, 6) is -6.70. The number of amides is 1. The van der Waals surface area contributed by atoms with Gasteiger partial charge in [-0.1, -0.05) is 62.0 Å². The SMILES string of the molecule is C=C1[C@@H](OC(=O)[C@H](O)[C@@H](NC(=O)OC(C)(C)C)c2ccccc2)C[C@H](OC(C)=O)[C@@]2(C)[C@@H](OC(C)=O)[C@H](OC(=O)c3ccccc3)C3=C(C)C(=O)C[C@@]3(C(C)(C)O)[C@@H](OC(C)=O)[C@H]12. The molecule has 2 fully saturated rings. The Morgan fingerprint density at radius 2 is 1.35 bits per heavy atom. The number of ketones is 1. The molecule has 0 heterocycles. The van der Waals surface area contributed by atoms with E-state index in [2.05, 4.69) is 11.9 Å². The molecular weight excluding hydrogens is 819 g/mol. The van der Waals surface area contributed by atoms with E-state index in [1.807, 2.05) is 0 Å². The van der Waals surface area contributed by atoms with Gasteiger partial charge >= 0.3 is 35.9 Å². The van der Waals surface area contributed by atoms with Gasteiger partial charge < -0.3 is 44.0 Å². The van der Waals surface area contributed by atoms with Crippen molar-refractivity contribution in [2.75, 3.05) is 0 Å². The molecule has 0 aromatic heterocycles. The van der Waals surface area contributed by atoms with Crippen LogP contribution in [0.4, 0.5) is 4.79 Å². The van der Waals surface area contributed by atoms with Gasteiger partial charge in [-0.25, -0.2) is 14.4 Å². The van der Waals surface area contributed by atoms with E-state index in [0.717, 1.165) is 20.8 Å². The van der Waals surface area contributed by atoms with Crippen molar-refractivity contribution in [3.8, 4) is 0 Å². The molecule has 2 aromatic carbocycles. The number of esters is 5. The molecule has 0 saturated heterocycles. The van der Waals surface area contributed by atoms with Crippen LogP contribution in [0.15, 0.2) is 84.0 Å². The predicted octanol–water partition coefficient (Wildman–Crippen LogP) is 5.19. The summed E-state index contributed by atoms with van der Waals surface area (Å²) in [6, 6.07) is 14.5. The molecule has 3 N–H and O–H groups in total. The average molecular weight is 876 g/mol. The summed E-state index contributed by atoms with van der Waals surface area (Å²) in [6.07, 6.45) is -11.8. The zero-order chi connectivity index (χ0) is 47.0. The van der Waals surface area contributed by atoms with Crippen LogP contribution < -0.4 is 5.32 Å². The molecule has 0 bridgehead atoms. The Balaban J connectivity index is 1.74. The van der Waals surface area contributed by atoms with Crippen molar-refractivity contribution >= 4 is 41.7 Å². The number of benzene rings is 2. The minimum atomic E-state index is -2.07. The van der Waals surface area contributed by atoms with Crippen LogP contribution in [0.3, 0.4) is 0 Å². The predicted molar refractivity (Wildman–Crippen MR) is 223 cm³/mol. The minimum absolute atomic E-state index is 0.00494. The number of carbonyl (C=O) groups is 7. The third-order valence-corrected chi connectivity index (χ3v) is 12.2. The molecule has 3 aliphatic carbocycles. The number of hydrogen-bond donors (Lipinski definition) is 3. The fraction of sp³-hybridized carbons (Fsp3) is 0.511. The normalized spacial score (nSPS) is 27.9. The molecule has 10 atom stereocenters. The van der Waals surface area contributed by atoms with Crippen molar-refractivity contribution in [1.82, 2.24) is 5.32 Å². The maximum absolute atomic E-state index is 14.2. The van der Waals surface area contributed by atoms with E-state index in [0.29, 0.717) is 5.56 Å². The molecule has 16 heteroatoms. The zero-order valence-electron chi connectivity index (χ0n) is 37.2.